The molecule has 1 aromatic carbocycles. The van der Waals surface area contributed by atoms with Crippen molar-refractivity contribution in [3.8, 4) is 16.3 Å². The smallest absolute Gasteiger partial charge is 0.274 e. The first-order valence-electron chi connectivity index (χ1n) is 8.77. The van der Waals surface area contributed by atoms with Gasteiger partial charge in [0.25, 0.3) is 5.91 Å². The van der Waals surface area contributed by atoms with Crippen LogP contribution in [0.1, 0.15) is 23.0 Å². The fraction of sp³-hybridized carbons (Fsp3) is 0.300. The molecule has 0 bridgehead atoms. The van der Waals surface area contributed by atoms with E-state index < -0.39 is 0 Å². The molecule has 3 aromatic rings. The molecule has 134 valence electrons. The zero-order valence-electron chi connectivity index (χ0n) is 14.9. The summed E-state index contributed by atoms with van der Waals surface area (Å²) in [6.07, 6.45) is 1.03. The van der Waals surface area contributed by atoms with Crippen molar-refractivity contribution < 1.29 is 9.53 Å². The number of carbonyl (C=O) groups excluding carboxylic acids is 1. The number of likely N-dealkylation sites (tertiary alicyclic amines) is 1. The highest BCUT2D eigenvalue weighted by Crippen LogP contribution is 2.26. The molecule has 1 amide bonds. The van der Waals surface area contributed by atoms with Crippen LogP contribution in [0.2, 0.25) is 0 Å². The zero-order valence-corrected chi connectivity index (χ0v) is 15.7. The van der Waals surface area contributed by atoms with E-state index >= 15 is 0 Å². The van der Waals surface area contributed by atoms with Crippen LogP contribution in [-0.4, -0.2) is 39.8 Å². The number of rotatable bonds is 5. The minimum Gasteiger partial charge on any atom is -0.487 e. The van der Waals surface area contributed by atoms with E-state index in [1.165, 1.54) is 5.56 Å². The molecule has 0 N–H and O–H groups in total. The van der Waals surface area contributed by atoms with Crippen molar-refractivity contribution in [2.24, 2.45) is 7.05 Å². The number of hydrogen-bond donors (Lipinski definition) is 0. The Hall–Kier alpha value is -2.60. The number of aryl methyl sites for hydroxylation is 2. The Balaban J connectivity index is 1.38. The van der Waals surface area contributed by atoms with Crippen LogP contribution in [-0.2, 0) is 13.5 Å². The van der Waals surface area contributed by atoms with Gasteiger partial charge in [-0.3, -0.25) is 9.48 Å². The van der Waals surface area contributed by atoms with Crippen molar-refractivity contribution >= 4 is 17.2 Å². The van der Waals surface area contributed by atoms with Gasteiger partial charge in [-0.15, -0.1) is 11.3 Å². The number of aromatic nitrogens is 2. The molecule has 4 rings (SSSR count). The second-order valence-electron chi connectivity index (χ2n) is 6.47. The second kappa shape index (κ2) is 6.96. The lowest BCUT2D eigenvalue weighted by atomic mass is 10.1. The lowest BCUT2D eigenvalue weighted by Gasteiger charge is -2.38. The van der Waals surface area contributed by atoms with E-state index in [0.717, 1.165) is 22.7 Å². The summed E-state index contributed by atoms with van der Waals surface area (Å²) in [6.45, 7) is 3.32. The van der Waals surface area contributed by atoms with Gasteiger partial charge in [0.2, 0.25) is 0 Å². The third-order valence-corrected chi connectivity index (χ3v) is 5.51. The topological polar surface area (TPSA) is 47.4 Å². The Morgan fingerprint density at radius 2 is 2.12 bits per heavy atom. The molecule has 3 heterocycles. The van der Waals surface area contributed by atoms with Crippen LogP contribution in [0.15, 0.2) is 47.8 Å². The van der Waals surface area contributed by atoms with Gasteiger partial charge in [-0.2, -0.15) is 5.10 Å². The molecule has 0 unspecified atom stereocenters. The fourth-order valence-electron chi connectivity index (χ4n) is 3.10. The molecule has 0 saturated carbocycles. The predicted octanol–water partition coefficient (Wildman–Crippen LogP) is 3.61. The summed E-state index contributed by atoms with van der Waals surface area (Å²) < 4.78 is 7.75. The minimum absolute atomic E-state index is 0.0365. The normalized spacial score (nSPS) is 14.3. The van der Waals surface area contributed by atoms with Gasteiger partial charge in [-0.25, -0.2) is 0 Å². The molecule has 1 saturated heterocycles. The van der Waals surface area contributed by atoms with Gasteiger partial charge in [0.15, 0.2) is 5.69 Å². The van der Waals surface area contributed by atoms with Crippen molar-refractivity contribution in [3.63, 3.8) is 0 Å². The monoisotopic (exact) mass is 367 g/mol. The lowest BCUT2D eigenvalue weighted by Crippen LogP contribution is -2.56. The minimum atomic E-state index is -0.0365. The highest BCUT2D eigenvalue weighted by Gasteiger charge is 2.34. The van der Waals surface area contributed by atoms with E-state index in [2.05, 4.69) is 24.2 Å². The Labute approximate surface area is 156 Å². The summed E-state index contributed by atoms with van der Waals surface area (Å²) in [4.78, 5) is 15.6. The number of nitrogens with zero attached hydrogens (tertiary/aromatic N) is 3. The van der Waals surface area contributed by atoms with Crippen molar-refractivity contribution in [1.82, 2.24) is 14.7 Å². The number of carbonyl (C=O) groups is 1. The zero-order chi connectivity index (χ0) is 18.1. The largest absolute Gasteiger partial charge is 0.487 e. The predicted molar refractivity (Wildman–Crippen MR) is 103 cm³/mol. The standard InChI is InChI=1S/C20H21N3O2S/c1-3-14-6-4-7-15(10-14)25-16-12-23(13-16)20(24)17-11-18(22(2)21-17)19-8-5-9-26-19/h4-11,16H,3,12-13H2,1-2H3. The van der Waals surface area contributed by atoms with Crippen molar-refractivity contribution in [1.29, 1.82) is 0 Å². The van der Waals surface area contributed by atoms with E-state index in [4.69, 9.17) is 4.74 Å². The maximum absolute atomic E-state index is 12.7. The van der Waals surface area contributed by atoms with Crippen molar-refractivity contribution in [2.45, 2.75) is 19.4 Å². The summed E-state index contributed by atoms with van der Waals surface area (Å²) >= 11 is 1.64. The number of hydrogen-bond acceptors (Lipinski definition) is 4. The average Bonchev–Trinajstić information content (AvgIpc) is 3.26. The summed E-state index contributed by atoms with van der Waals surface area (Å²) in [5, 5.41) is 6.42. The van der Waals surface area contributed by atoms with Crippen molar-refractivity contribution in [3.05, 3.63) is 59.1 Å². The number of benzene rings is 1. The third kappa shape index (κ3) is 3.24. The Morgan fingerprint density at radius 1 is 1.27 bits per heavy atom. The van der Waals surface area contributed by atoms with Crippen molar-refractivity contribution in [2.75, 3.05) is 13.1 Å². The van der Waals surface area contributed by atoms with E-state index in [0.29, 0.717) is 18.8 Å². The fourth-order valence-corrected chi connectivity index (χ4v) is 3.87. The summed E-state index contributed by atoms with van der Waals surface area (Å²) in [6, 6.07) is 14.0. The van der Waals surface area contributed by atoms with Gasteiger partial charge in [0.05, 0.1) is 23.7 Å². The van der Waals surface area contributed by atoms with E-state index in [1.54, 1.807) is 20.9 Å². The third-order valence-electron chi connectivity index (χ3n) is 4.62. The summed E-state index contributed by atoms with van der Waals surface area (Å²) in [5.74, 6) is 0.838. The average molecular weight is 367 g/mol. The number of thiophene rings is 1. The summed E-state index contributed by atoms with van der Waals surface area (Å²) in [5.41, 5.74) is 2.71. The van der Waals surface area contributed by atoms with E-state index in [1.807, 2.05) is 42.8 Å². The van der Waals surface area contributed by atoms with Gasteiger partial charge in [0.1, 0.15) is 11.9 Å². The van der Waals surface area contributed by atoms with Gasteiger partial charge in [-0.1, -0.05) is 25.1 Å². The molecule has 2 aromatic heterocycles. The Kier molecular flexibility index (Phi) is 4.51. The molecule has 0 radical (unpaired) electrons. The molecule has 1 aliphatic rings. The maximum atomic E-state index is 12.7. The lowest BCUT2D eigenvalue weighted by molar-refractivity contribution is 0.0173. The first-order valence-corrected chi connectivity index (χ1v) is 9.65. The molecule has 1 fully saturated rings. The molecule has 1 aliphatic heterocycles. The summed E-state index contributed by atoms with van der Waals surface area (Å²) in [7, 11) is 1.87. The van der Waals surface area contributed by atoms with E-state index in [9.17, 15) is 4.79 Å². The van der Waals surface area contributed by atoms with Gasteiger partial charge in [0, 0.05) is 7.05 Å². The molecule has 0 aliphatic carbocycles. The van der Waals surface area contributed by atoms with Gasteiger partial charge >= 0.3 is 0 Å². The number of ether oxygens (including phenoxy) is 1. The van der Waals surface area contributed by atoms with Crippen LogP contribution in [0.25, 0.3) is 10.6 Å². The molecule has 5 nitrogen and oxygen atoms in total. The quantitative estimate of drug-likeness (QED) is 0.692. The van der Waals surface area contributed by atoms with E-state index in [-0.39, 0.29) is 12.0 Å². The van der Waals surface area contributed by atoms with Crippen LogP contribution < -0.4 is 4.74 Å². The molecule has 0 spiro atoms. The van der Waals surface area contributed by atoms with Gasteiger partial charge < -0.3 is 9.64 Å². The first-order chi connectivity index (χ1) is 12.6. The Bertz CT molecular complexity index is 911. The van der Waals surface area contributed by atoms with Crippen LogP contribution in [0.4, 0.5) is 0 Å². The highest BCUT2D eigenvalue weighted by atomic mass is 32.1. The molecule has 6 heteroatoms. The van der Waals surface area contributed by atoms with Gasteiger partial charge in [-0.05, 0) is 41.6 Å². The highest BCUT2D eigenvalue weighted by molar-refractivity contribution is 7.13. The first kappa shape index (κ1) is 16.8. The molecular weight excluding hydrogens is 346 g/mol. The Morgan fingerprint density at radius 3 is 2.85 bits per heavy atom. The van der Waals surface area contributed by atoms with Crippen LogP contribution in [0.3, 0.4) is 0 Å². The second-order valence-corrected chi connectivity index (χ2v) is 7.41. The van der Waals surface area contributed by atoms with Crippen LogP contribution in [0, 0.1) is 0 Å². The molecular formula is C20H21N3O2S. The van der Waals surface area contributed by atoms with Crippen LogP contribution in [0.5, 0.6) is 5.75 Å². The molecule has 0 atom stereocenters. The number of amides is 1. The maximum Gasteiger partial charge on any atom is 0.274 e. The molecule has 26 heavy (non-hydrogen) atoms. The van der Waals surface area contributed by atoms with Crippen LogP contribution >= 0.6 is 11.3 Å². The SMILES string of the molecule is CCc1cccc(OC2CN(C(=O)c3cc(-c4cccs4)n(C)n3)C2)c1.